The molecule has 4 rings (SSSR count). The van der Waals surface area contributed by atoms with Gasteiger partial charge in [0.1, 0.15) is 11.7 Å². The van der Waals surface area contributed by atoms with Crippen LogP contribution in [0.2, 0.25) is 10.0 Å². The Bertz CT molecular complexity index is 1220. The number of aromatic nitrogens is 3. The zero-order chi connectivity index (χ0) is 22.2. The van der Waals surface area contributed by atoms with Crippen molar-refractivity contribution in [3.63, 3.8) is 0 Å². The van der Waals surface area contributed by atoms with Gasteiger partial charge in [-0.15, -0.1) is 5.10 Å². The third-order valence-corrected chi connectivity index (χ3v) is 7.77. The Labute approximate surface area is 189 Å². The van der Waals surface area contributed by atoms with Crippen molar-refractivity contribution in [3.8, 4) is 11.3 Å². The van der Waals surface area contributed by atoms with E-state index in [1.54, 1.807) is 10.9 Å². The van der Waals surface area contributed by atoms with Crippen LogP contribution in [0.25, 0.3) is 11.3 Å². The van der Waals surface area contributed by atoms with Crippen molar-refractivity contribution >= 4 is 39.2 Å². The van der Waals surface area contributed by atoms with Crippen molar-refractivity contribution in [1.29, 1.82) is 0 Å². The van der Waals surface area contributed by atoms with Gasteiger partial charge in [0.15, 0.2) is 0 Å². The monoisotopic (exact) mass is 480 g/mol. The molecule has 0 N–H and O–H groups in total. The standard InChI is InChI=1S/C20H18Cl2N4O4S/c1-30-20(27)19-9-14(25-12-18(23-24-25)13-5-3-2-4-6-13)11-26(19)31(28,29)15-7-8-16(21)17(22)10-15/h2-8,10,12,14,19H,9,11H2,1H3/t14-,19-/m1/s1. The molecule has 0 bridgehead atoms. The number of hydrogen-bond acceptors (Lipinski definition) is 6. The molecular weight excluding hydrogens is 463 g/mol. The first kappa shape index (κ1) is 21.8. The molecule has 0 aliphatic carbocycles. The summed E-state index contributed by atoms with van der Waals surface area (Å²) in [6.45, 7) is 0.0277. The van der Waals surface area contributed by atoms with Crippen LogP contribution in [0.4, 0.5) is 0 Å². The van der Waals surface area contributed by atoms with Gasteiger partial charge >= 0.3 is 5.97 Å². The Hall–Kier alpha value is -2.46. The first-order valence-electron chi connectivity index (χ1n) is 9.33. The quantitative estimate of drug-likeness (QED) is 0.519. The third-order valence-electron chi connectivity index (χ3n) is 5.16. The van der Waals surface area contributed by atoms with Gasteiger partial charge < -0.3 is 4.74 Å². The lowest BCUT2D eigenvalue weighted by molar-refractivity contribution is -0.144. The molecule has 0 spiro atoms. The number of rotatable bonds is 5. The van der Waals surface area contributed by atoms with E-state index >= 15 is 0 Å². The topological polar surface area (TPSA) is 94.4 Å². The van der Waals surface area contributed by atoms with E-state index in [-0.39, 0.29) is 27.9 Å². The second-order valence-corrected chi connectivity index (χ2v) is 9.73. The zero-order valence-corrected chi connectivity index (χ0v) is 18.7. The maximum Gasteiger partial charge on any atom is 0.324 e. The minimum Gasteiger partial charge on any atom is -0.468 e. The second kappa shape index (κ2) is 8.58. The van der Waals surface area contributed by atoms with Gasteiger partial charge in [0.2, 0.25) is 10.0 Å². The number of esters is 1. The highest BCUT2D eigenvalue weighted by molar-refractivity contribution is 7.89. The number of hydrogen-bond donors (Lipinski definition) is 0. The summed E-state index contributed by atoms with van der Waals surface area (Å²) < 4.78 is 34.2. The molecule has 0 radical (unpaired) electrons. The number of methoxy groups -OCH3 is 1. The summed E-state index contributed by atoms with van der Waals surface area (Å²) >= 11 is 11.9. The first-order valence-corrected chi connectivity index (χ1v) is 11.5. The fraction of sp³-hybridized carbons (Fsp3) is 0.250. The Morgan fingerprint density at radius 2 is 1.87 bits per heavy atom. The lowest BCUT2D eigenvalue weighted by Gasteiger charge is -2.22. The second-order valence-electron chi connectivity index (χ2n) is 7.03. The van der Waals surface area contributed by atoms with E-state index in [2.05, 4.69) is 10.3 Å². The van der Waals surface area contributed by atoms with Crippen molar-refractivity contribution < 1.29 is 17.9 Å². The average molecular weight is 481 g/mol. The Balaban J connectivity index is 1.66. The van der Waals surface area contributed by atoms with Gasteiger partial charge in [0.25, 0.3) is 0 Å². The van der Waals surface area contributed by atoms with Crippen LogP contribution in [0.3, 0.4) is 0 Å². The van der Waals surface area contributed by atoms with Crippen molar-refractivity contribution in [2.24, 2.45) is 0 Å². The van der Waals surface area contributed by atoms with Gasteiger partial charge in [-0.05, 0) is 24.6 Å². The molecule has 1 aromatic heterocycles. The van der Waals surface area contributed by atoms with Gasteiger partial charge in [-0.2, -0.15) is 4.31 Å². The molecule has 11 heteroatoms. The summed E-state index contributed by atoms with van der Waals surface area (Å²) in [6.07, 6.45) is 1.94. The molecule has 1 aliphatic heterocycles. The maximum absolute atomic E-state index is 13.3. The van der Waals surface area contributed by atoms with Gasteiger partial charge in [0.05, 0.1) is 34.3 Å². The van der Waals surface area contributed by atoms with E-state index in [9.17, 15) is 13.2 Å². The number of ether oxygens (including phenoxy) is 1. The molecule has 31 heavy (non-hydrogen) atoms. The van der Waals surface area contributed by atoms with Crippen molar-refractivity contribution in [3.05, 3.63) is 64.8 Å². The average Bonchev–Trinajstić information content (AvgIpc) is 3.43. The van der Waals surface area contributed by atoms with Crippen LogP contribution in [-0.4, -0.2) is 53.4 Å². The predicted molar refractivity (Wildman–Crippen MR) is 115 cm³/mol. The molecule has 162 valence electrons. The van der Waals surface area contributed by atoms with Crippen LogP contribution in [-0.2, 0) is 19.6 Å². The largest absolute Gasteiger partial charge is 0.468 e. The summed E-state index contributed by atoms with van der Waals surface area (Å²) in [7, 11) is -2.82. The summed E-state index contributed by atoms with van der Waals surface area (Å²) in [5, 5.41) is 8.69. The Morgan fingerprint density at radius 1 is 1.13 bits per heavy atom. The molecule has 0 unspecified atom stereocenters. The number of benzene rings is 2. The third kappa shape index (κ3) is 4.18. The van der Waals surface area contributed by atoms with Crippen LogP contribution in [0.1, 0.15) is 12.5 Å². The SMILES string of the molecule is COC(=O)[C@H]1C[C@@H](n2cc(-c3ccccc3)nn2)CN1S(=O)(=O)c1ccc(Cl)c(Cl)c1. The van der Waals surface area contributed by atoms with Crippen LogP contribution < -0.4 is 0 Å². The summed E-state index contributed by atoms with van der Waals surface area (Å²) in [6, 6.07) is 12.1. The minimum atomic E-state index is -4.04. The Kier molecular flexibility index (Phi) is 6.02. The predicted octanol–water partition coefficient (Wildman–Crippen LogP) is 3.43. The van der Waals surface area contributed by atoms with Crippen LogP contribution >= 0.6 is 23.2 Å². The fourth-order valence-electron chi connectivity index (χ4n) is 3.56. The highest BCUT2D eigenvalue weighted by Gasteiger charge is 2.45. The minimum absolute atomic E-state index is 0.0277. The molecule has 0 amide bonds. The molecule has 8 nitrogen and oxygen atoms in total. The highest BCUT2D eigenvalue weighted by atomic mass is 35.5. The van der Waals surface area contributed by atoms with Gasteiger partial charge in [-0.1, -0.05) is 58.7 Å². The summed E-state index contributed by atoms with van der Waals surface area (Å²) in [5.74, 6) is -0.644. The lowest BCUT2D eigenvalue weighted by atomic mass is 10.1. The first-order chi connectivity index (χ1) is 14.8. The molecule has 1 aliphatic rings. The van der Waals surface area contributed by atoms with Gasteiger partial charge in [-0.25, -0.2) is 13.1 Å². The molecule has 1 fully saturated rings. The van der Waals surface area contributed by atoms with E-state index in [1.165, 1.54) is 25.3 Å². The number of nitrogens with zero attached hydrogens (tertiary/aromatic N) is 4. The van der Waals surface area contributed by atoms with E-state index in [4.69, 9.17) is 27.9 Å². The van der Waals surface area contributed by atoms with Crippen LogP contribution in [0, 0.1) is 0 Å². The maximum atomic E-state index is 13.3. The van der Waals surface area contributed by atoms with Crippen LogP contribution in [0.15, 0.2) is 59.6 Å². The van der Waals surface area contributed by atoms with E-state index in [0.29, 0.717) is 5.69 Å². The number of carbonyl (C=O) groups excluding carboxylic acids is 1. The molecule has 3 aromatic rings. The van der Waals surface area contributed by atoms with E-state index in [1.807, 2.05) is 30.3 Å². The number of sulfonamides is 1. The molecule has 2 heterocycles. The molecule has 2 atom stereocenters. The van der Waals surface area contributed by atoms with Gasteiger partial charge in [-0.3, -0.25) is 4.79 Å². The smallest absolute Gasteiger partial charge is 0.324 e. The molecule has 2 aromatic carbocycles. The summed E-state index contributed by atoms with van der Waals surface area (Å²) in [4.78, 5) is 12.4. The Morgan fingerprint density at radius 3 is 2.55 bits per heavy atom. The summed E-state index contributed by atoms with van der Waals surface area (Å²) in [5.41, 5.74) is 1.54. The molecule has 1 saturated heterocycles. The van der Waals surface area contributed by atoms with E-state index in [0.717, 1.165) is 9.87 Å². The van der Waals surface area contributed by atoms with Crippen molar-refractivity contribution in [1.82, 2.24) is 19.3 Å². The highest BCUT2D eigenvalue weighted by Crippen LogP contribution is 2.35. The van der Waals surface area contributed by atoms with Gasteiger partial charge in [0, 0.05) is 12.1 Å². The fourth-order valence-corrected chi connectivity index (χ4v) is 5.58. The zero-order valence-electron chi connectivity index (χ0n) is 16.4. The van der Waals surface area contributed by atoms with Crippen LogP contribution in [0.5, 0.6) is 0 Å². The number of halogens is 2. The lowest BCUT2D eigenvalue weighted by Crippen LogP contribution is -2.41. The number of carbonyl (C=O) groups is 1. The molecular formula is C20H18Cl2N4O4S. The molecule has 0 saturated carbocycles. The van der Waals surface area contributed by atoms with Crippen molar-refractivity contribution in [2.45, 2.75) is 23.4 Å². The van der Waals surface area contributed by atoms with E-state index < -0.39 is 28.1 Å². The normalized spacial score (nSPS) is 19.5. The van der Waals surface area contributed by atoms with Crippen molar-refractivity contribution in [2.75, 3.05) is 13.7 Å².